The third-order valence-corrected chi connectivity index (χ3v) is 18.1. The Morgan fingerprint density at radius 1 is 0.290 bits per heavy atom. The molecule has 0 aromatic heterocycles. The van der Waals surface area contributed by atoms with Crippen molar-refractivity contribution < 1.29 is 80.2 Å². The lowest BCUT2D eigenvalue weighted by Crippen LogP contribution is -2.30. The van der Waals surface area contributed by atoms with Crippen LogP contribution in [0, 0.1) is 0 Å². The number of aliphatic hydroxyl groups is 1. The molecule has 0 aliphatic carbocycles. The molecule has 0 saturated carbocycles. The van der Waals surface area contributed by atoms with Gasteiger partial charge < -0.3 is 33.8 Å². The van der Waals surface area contributed by atoms with Crippen LogP contribution in [0.15, 0.2) is 109 Å². The van der Waals surface area contributed by atoms with Crippen molar-refractivity contribution in [1.82, 2.24) is 0 Å². The van der Waals surface area contributed by atoms with E-state index in [-0.39, 0.29) is 25.7 Å². The molecule has 0 heterocycles. The van der Waals surface area contributed by atoms with Crippen molar-refractivity contribution in [3.05, 3.63) is 109 Å². The lowest BCUT2D eigenvalue weighted by atomic mass is 10.0. The van der Waals surface area contributed by atoms with E-state index in [9.17, 15) is 43.2 Å². The fourth-order valence-corrected chi connectivity index (χ4v) is 11.9. The largest absolute Gasteiger partial charge is 0.472 e. The molecule has 576 valence electrons. The minimum Gasteiger partial charge on any atom is -0.462 e. The Bertz CT molecular complexity index is 2320. The topological polar surface area (TPSA) is 237 Å². The van der Waals surface area contributed by atoms with E-state index in [0.29, 0.717) is 32.1 Å². The van der Waals surface area contributed by atoms with E-state index in [0.717, 1.165) is 141 Å². The van der Waals surface area contributed by atoms with Gasteiger partial charge in [-0.05, 0) is 122 Å². The molecule has 0 rings (SSSR count). The maximum atomic E-state index is 13.1. The Kier molecular flexibility index (Phi) is 69.9. The van der Waals surface area contributed by atoms with Gasteiger partial charge in [-0.2, -0.15) is 0 Å². The molecule has 100 heavy (non-hydrogen) atoms. The predicted octanol–water partition coefficient (Wildman–Crippen LogP) is 22.6. The van der Waals surface area contributed by atoms with E-state index in [4.69, 9.17) is 37.0 Å². The molecule has 0 bridgehead atoms. The van der Waals surface area contributed by atoms with Crippen LogP contribution in [0.5, 0.6) is 0 Å². The summed E-state index contributed by atoms with van der Waals surface area (Å²) in [7, 11) is -9.97. The van der Waals surface area contributed by atoms with Gasteiger partial charge in [-0.1, -0.05) is 285 Å². The highest BCUT2D eigenvalue weighted by Crippen LogP contribution is 2.45. The van der Waals surface area contributed by atoms with E-state index in [1.165, 1.54) is 96.3 Å². The number of aliphatic hydroxyl groups excluding tert-OH is 1. The first-order chi connectivity index (χ1) is 48.7. The fraction of sp³-hybridized carbons (Fsp3) is 0.728. The van der Waals surface area contributed by atoms with Gasteiger partial charge in [0.1, 0.15) is 19.3 Å². The van der Waals surface area contributed by atoms with E-state index in [1.54, 1.807) is 0 Å². The summed E-state index contributed by atoms with van der Waals surface area (Å²) in [5, 5.41) is 10.6. The van der Waals surface area contributed by atoms with Crippen LogP contribution in [0.4, 0.5) is 0 Å². The second-order valence-corrected chi connectivity index (χ2v) is 28.8. The first kappa shape index (κ1) is 95.7. The van der Waals surface area contributed by atoms with Crippen molar-refractivity contribution in [2.75, 3.05) is 39.6 Å². The molecule has 3 N–H and O–H groups in total. The number of phosphoric ester groups is 2. The SMILES string of the molecule is CC/C=C\C/C=C\C/C=C\C/C=C\C/C=C\C/C=C\CCC(=O)OCC(COP(=O)(O)OCC(O)COP(=O)(O)OCC(COC(=O)CCCCCCC/C=C\C/C=C\CCCCC)OC(=O)CCCCCCC/C=C\CCCCCC)OC(=O)CCCCCCCCCCCCCCC. The highest BCUT2D eigenvalue weighted by molar-refractivity contribution is 7.47. The number of allylic oxidation sites excluding steroid dienone is 18. The quantitative estimate of drug-likeness (QED) is 0.0169. The van der Waals surface area contributed by atoms with Gasteiger partial charge >= 0.3 is 39.5 Å². The number of esters is 4. The molecule has 19 heteroatoms. The van der Waals surface area contributed by atoms with Gasteiger partial charge in [-0.25, -0.2) is 9.13 Å². The van der Waals surface area contributed by atoms with Crippen LogP contribution < -0.4 is 0 Å². The molecule has 5 unspecified atom stereocenters. The number of hydrogen-bond acceptors (Lipinski definition) is 15. The summed E-state index contributed by atoms with van der Waals surface area (Å²) in [6.45, 7) is 4.63. The summed E-state index contributed by atoms with van der Waals surface area (Å²) < 4.78 is 68.4. The average molecular weight is 1450 g/mol. The molecule has 0 aliphatic heterocycles. The summed E-state index contributed by atoms with van der Waals surface area (Å²) in [6.07, 6.45) is 78.0. The number of ether oxygens (including phenoxy) is 4. The molecule has 17 nitrogen and oxygen atoms in total. The lowest BCUT2D eigenvalue weighted by molar-refractivity contribution is -0.161. The van der Waals surface area contributed by atoms with Gasteiger partial charge in [0, 0.05) is 25.7 Å². The highest BCUT2D eigenvalue weighted by Gasteiger charge is 2.30. The zero-order valence-electron chi connectivity index (χ0n) is 62.8. The molecule has 0 spiro atoms. The standard InChI is InChI=1S/C81H140O17P2/c1-5-9-13-17-21-25-29-33-35-36-37-38-40-44-46-50-54-58-62-66-79(84)92-72-77(98-81(86)68-64-60-56-52-48-42-32-28-24-20-16-12-8-4)74-96-100(89,90)94-70-75(82)69-93-99(87,88)95-73-76(97-80(85)67-63-59-55-51-47-41-31-27-23-19-15-11-7-3)71-91-78(83)65-61-57-53-49-45-43-39-34-30-26-22-18-14-10-6-2/h9,13,21-22,25-27,31,33-35,37-39,44,46,54,58,75-77,82H,5-8,10-12,14-20,23-24,28-30,32,36,40-43,45,47-53,55-57,59-74H2,1-4H3,(H,87,88)(H,89,90)/b13-9-,25-21-,26-22-,31-27-,35-33-,38-37-,39-34-,46-44-,58-54-. The summed E-state index contributed by atoms with van der Waals surface area (Å²) in [4.78, 5) is 72.9. The summed E-state index contributed by atoms with van der Waals surface area (Å²) in [5.74, 6) is -2.28. The predicted molar refractivity (Wildman–Crippen MR) is 408 cm³/mol. The van der Waals surface area contributed by atoms with Crippen molar-refractivity contribution in [3.8, 4) is 0 Å². The molecule has 0 aliphatic rings. The molecule has 5 atom stereocenters. The Morgan fingerprint density at radius 2 is 0.540 bits per heavy atom. The van der Waals surface area contributed by atoms with Gasteiger partial charge in [0.25, 0.3) is 0 Å². The molecule has 0 aromatic rings. The Morgan fingerprint density at radius 3 is 0.900 bits per heavy atom. The van der Waals surface area contributed by atoms with Crippen molar-refractivity contribution in [2.45, 2.75) is 341 Å². The molecule has 0 amide bonds. The number of unbranched alkanes of at least 4 members (excludes halogenated alkanes) is 29. The number of carbonyl (C=O) groups is 4. The summed E-state index contributed by atoms with van der Waals surface area (Å²) >= 11 is 0. The van der Waals surface area contributed by atoms with Crippen LogP contribution in [0.3, 0.4) is 0 Å². The lowest BCUT2D eigenvalue weighted by Gasteiger charge is -2.21. The average Bonchev–Trinajstić information content (AvgIpc) is 0.935. The minimum absolute atomic E-state index is 0.0368. The second kappa shape index (κ2) is 73.0. The van der Waals surface area contributed by atoms with Gasteiger partial charge in [0.15, 0.2) is 12.2 Å². The van der Waals surface area contributed by atoms with Gasteiger partial charge in [-0.3, -0.25) is 37.3 Å². The summed E-state index contributed by atoms with van der Waals surface area (Å²) in [5.41, 5.74) is 0. The third kappa shape index (κ3) is 72.1. The van der Waals surface area contributed by atoms with Crippen molar-refractivity contribution in [2.24, 2.45) is 0 Å². The van der Waals surface area contributed by atoms with Crippen molar-refractivity contribution >= 4 is 39.5 Å². The number of phosphoric acid groups is 2. The number of carbonyl (C=O) groups excluding carboxylic acids is 4. The zero-order valence-corrected chi connectivity index (χ0v) is 64.6. The van der Waals surface area contributed by atoms with Crippen LogP contribution in [-0.2, 0) is 65.4 Å². The third-order valence-electron chi connectivity index (χ3n) is 16.2. The van der Waals surface area contributed by atoms with Gasteiger partial charge in [-0.15, -0.1) is 0 Å². The first-order valence-corrected chi connectivity index (χ1v) is 42.1. The highest BCUT2D eigenvalue weighted by atomic mass is 31.2. The molecular formula is C81H140O17P2. The van der Waals surface area contributed by atoms with Crippen LogP contribution >= 0.6 is 15.6 Å². The Balaban J connectivity index is 5.40. The van der Waals surface area contributed by atoms with Crippen LogP contribution in [0.2, 0.25) is 0 Å². The van der Waals surface area contributed by atoms with E-state index < -0.39 is 97.5 Å². The van der Waals surface area contributed by atoms with E-state index in [1.807, 2.05) is 18.2 Å². The Labute approximate surface area is 607 Å². The monoisotopic (exact) mass is 1450 g/mol. The molecule has 0 fully saturated rings. The number of rotatable bonds is 73. The molecule has 0 aromatic carbocycles. The fourth-order valence-electron chi connectivity index (χ4n) is 10.3. The summed E-state index contributed by atoms with van der Waals surface area (Å²) in [6, 6.07) is 0. The number of hydrogen-bond donors (Lipinski definition) is 3. The zero-order chi connectivity index (χ0) is 73.2. The minimum atomic E-state index is -4.99. The van der Waals surface area contributed by atoms with Crippen LogP contribution in [0.25, 0.3) is 0 Å². The first-order valence-electron chi connectivity index (χ1n) is 39.1. The smallest absolute Gasteiger partial charge is 0.462 e. The second-order valence-electron chi connectivity index (χ2n) is 25.9. The maximum absolute atomic E-state index is 13.1. The van der Waals surface area contributed by atoms with Crippen molar-refractivity contribution in [3.63, 3.8) is 0 Å². The van der Waals surface area contributed by atoms with Crippen LogP contribution in [-0.4, -0.2) is 96.7 Å². The Hall–Kier alpha value is -4.28. The maximum Gasteiger partial charge on any atom is 0.472 e. The van der Waals surface area contributed by atoms with Gasteiger partial charge in [0.05, 0.1) is 26.4 Å². The van der Waals surface area contributed by atoms with E-state index >= 15 is 0 Å². The molecular weight excluding hydrogens is 1310 g/mol. The van der Waals surface area contributed by atoms with Crippen LogP contribution in [0.1, 0.15) is 323 Å². The normalized spacial score (nSPS) is 14.5. The van der Waals surface area contributed by atoms with E-state index in [2.05, 4.69) is 119 Å². The van der Waals surface area contributed by atoms with Gasteiger partial charge in [0.2, 0.25) is 0 Å². The molecule has 0 radical (unpaired) electrons. The molecule has 0 saturated heterocycles. The van der Waals surface area contributed by atoms with Crippen molar-refractivity contribution in [1.29, 1.82) is 0 Å².